The van der Waals surface area contributed by atoms with Gasteiger partial charge < -0.3 is 15.4 Å². The van der Waals surface area contributed by atoms with Crippen molar-refractivity contribution in [3.8, 4) is 11.3 Å². The lowest BCUT2D eigenvalue weighted by Gasteiger charge is -2.21. The lowest BCUT2D eigenvalue weighted by atomic mass is 10.1. The van der Waals surface area contributed by atoms with Crippen molar-refractivity contribution in [2.45, 2.75) is 25.8 Å². The highest BCUT2D eigenvalue weighted by molar-refractivity contribution is 7.14. The number of anilines is 2. The molecule has 1 aromatic heterocycles. The Labute approximate surface area is 160 Å². The van der Waals surface area contributed by atoms with Crippen LogP contribution in [0, 0.1) is 0 Å². The number of carbonyl (C=O) groups is 3. The molecule has 3 rings (SSSR count). The molecule has 1 saturated heterocycles. The first-order chi connectivity index (χ1) is 13.0. The minimum Gasteiger partial charge on any atom is -0.453 e. The third-order valence-electron chi connectivity index (χ3n) is 4.20. The first-order valence-corrected chi connectivity index (χ1v) is 9.35. The maximum atomic E-state index is 12.5. The van der Waals surface area contributed by atoms with Crippen LogP contribution in [0.4, 0.5) is 15.6 Å². The summed E-state index contributed by atoms with van der Waals surface area (Å²) in [4.78, 5) is 41.2. The largest absolute Gasteiger partial charge is 0.453 e. The number of benzene rings is 1. The zero-order valence-electron chi connectivity index (χ0n) is 15.0. The molecular weight excluding hydrogens is 368 g/mol. The van der Waals surface area contributed by atoms with Crippen LogP contribution in [0.25, 0.3) is 11.3 Å². The van der Waals surface area contributed by atoms with E-state index < -0.39 is 12.1 Å². The Morgan fingerprint density at radius 2 is 1.96 bits per heavy atom. The van der Waals surface area contributed by atoms with Gasteiger partial charge in [0, 0.05) is 30.1 Å². The molecule has 9 heteroatoms. The topological polar surface area (TPSA) is 101 Å². The Kier molecular flexibility index (Phi) is 5.70. The highest BCUT2D eigenvalue weighted by Gasteiger charge is 2.35. The van der Waals surface area contributed by atoms with Gasteiger partial charge >= 0.3 is 6.09 Å². The van der Waals surface area contributed by atoms with E-state index in [0.29, 0.717) is 23.8 Å². The first-order valence-electron chi connectivity index (χ1n) is 8.47. The molecule has 1 unspecified atom stereocenters. The van der Waals surface area contributed by atoms with E-state index in [-0.39, 0.29) is 11.8 Å². The molecule has 8 nitrogen and oxygen atoms in total. The number of amides is 3. The number of likely N-dealkylation sites (tertiary alicyclic amines) is 1. The number of hydrogen-bond acceptors (Lipinski definition) is 6. The Hall–Kier alpha value is -2.94. The minimum absolute atomic E-state index is 0.130. The number of carbonyl (C=O) groups excluding carboxylic acids is 3. The number of ether oxygens (including phenoxy) is 1. The van der Waals surface area contributed by atoms with Crippen molar-refractivity contribution in [1.82, 2.24) is 9.88 Å². The smallest absolute Gasteiger partial charge is 0.410 e. The van der Waals surface area contributed by atoms with Crippen LogP contribution in [0.2, 0.25) is 0 Å². The van der Waals surface area contributed by atoms with Crippen molar-refractivity contribution in [2.24, 2.45) is 0 Å². The molecular formula is C18H20N4O4S. The maximum absolute atomic E-state index is 12.5. The lowest BCUT2D eigenvalue weighted by molar-refractivity contribution is -0.120. The maximum Gasteiger partial charge on any atom is 0.410 e. The highest BCUT2D eigenvalue weighted by Crippen LogP contribution is 2.27. The molecule has 1 aromatic carbocycles. The average Bonchev–Trinajstić information content (AvgIpc) is 3.30. The summed E-state index contributed by atoms with van der Waals surface area (Å²) >= 11 is 1.31. The zero-order valence-corrected chi connectivity index (χ0v) is 15.8. The van der Waals surface area contributed by atoms with Crippen LogP contribution in [0.5, 0.6) is 0 Å². The van der Waals surface area contributed by atoms with Gasteiger partial charge in [-0.25, -0.2) is 9.78 Å². The molecule has 1 aliphatic rings. The van der Waals surface area contributed by atoms with Crippen molar-refractivity contribution in [3.05, 3.63) is 29.6 Å². The van der Waals surface area contributed by atoms with Crippen molar-refractivity contribution in [1.29, 1.82) is 0 Å². The number of rotatable bonds is 4. The Morgan fingerprint density at radius 3 is 2.63 bits per heavy atom. The van der Waals surface area contributed by atoms with E-state index in [9.17, 15) is 14.4 Å². The van der Waals surface area contributed by atoms with Gasteiger partial charge in [0.05, 0.1) is 12.8 Å². The van der Waals surface area contributed by atoms with E-state index in [1.54, 1.807) is 12.1 Å². The predicted molar refractivity (Wildman–Crippen MR) is 103 cm³/mol. The van der Waals surface area contributed by atoms with E-state index >= 15 is 0 Å². The van der Waals surface area contributed by atoms with Gasteiger partial charge in [-0.15, -0.1) is 11.3 Å². The van der Waals surface area contributed by atoms with E-state index in [2.05, 4.69) is 15.6 Å². The Morgan fingerprint density at radius 1 is 1.22 bits per heavy atom. The first kappa shape index (κ1) is 18.8. The fourth-order valence-electron chi connectivity index (χ4n) is 2.96. The summed E-state index contributed by atoms with van der Waals surface area (Å²) in [5.41, 5.74) is 2.30. The Bertz CT molecular complexity index is 849. The average molecular weight is 388 g/mol. The molecule has 2 aromatic rings. The van der Waals surface area contributed by atoms with Gasteiger partial charge in [0.2, 0.25) is 11.8 Å². The van der Waals surface area contributed by atoms with Gasteiger partial charge in [-0.1, -0.05) is 12.1 Å². The van der Waals surface area contributed by atoms with Crippen LogP contribution in [0.15, 0.2) is 29.6 Å². The number of methoxy groups -OCH3 is 1. The lowest BCUT2D eigenvalue weighted by Crippen LogP contribution is -2.43. The summed E-state index contributed by atoms with van der Waals surface area (Å²) in [5, 5.41) is 7.80. The summed E-state index contributed by atoms with van der Waals surface area (Å²) in [5.74, 6) is -0.394. The summed E-state index contributed by atoms with van der Waals surface area (Å²) in [6, 6.07) is 6.74. The van der Waals surface area contributed by atoms with Gasteiger partial charge in [-0.05, 0) is 25.0 Å². The van der Waals surface area contributed by atoms with Crippen molar-refractivity contribution in [2.75, 3.05) is 24.3 Å². The summed E-state index contributed by atoms with van der Waals surface area (Å²) < 4.78 is 4.73. The van der Waals surface area contributed by atoms with Crippen molar-refractivity contribution in [3.63, 3.8) is 0 Å². The van der Waals surface area contributed by atoms with Crippen LogP contribution in [0.1, 0.15) is 19.8 Å². The van der Waals surface area contributed by atoms with Gasteiger partial charge in [-0.3, -0.25) is 14.5 Å². The molecule has 2 N–H and O–H groups in total. The molecule has 0 aliphatic carbocycles. The van der Waals surface area contributed by atoms with E-state index in [0.717, 1.165) is 17.7 Å². The number of nitrogens with zero attached hydrogens (tertiary/aromatic N) is 2. The summed E-state index contributed by atoms with van der Waals surface area (Å²) in [6.45, 7) is 1.96. The number of thiazole rings is 1. The quantitative estimate of drug-likeness (QED) is 0.839. The molecule has 142 valence electrons. The van der Waals surface area contributed by atoms with Crippen molar-refractivity contribution < 1.29 is 19.1 Å². The normalized spacial score (nSPS) is 16.1. The Balaban J connectivity index is 1.66. The van der Waals surface area contributed by atoms with Crippen LogP contribution in [-0.2, 0) is 14.3 Å². The third kappa shape index (κ3) is 4.43. The number of hydrogen-bond donors (Lipinski definition) is 2. The van der Waals surface area contributed by atoms with Crippen LogP contribution >= 0.6 is 11.3 Å². The van der Waals surface area contributed by atoms with E-state index in [4.69, 9.17) is 4.74 Å². The van der Waals surface area contributed by atoms with Gasteiger partial charge in [-0.2, -0.15) is 0 Å². The van der Waals surface area contributed by atoms with E-state index in [1.807, 2.05) is 17.5 Å². The fraction of sp³-hybridized carbons (Fsp3) is 0.333. The molecule has 27 heavy (non-hydrogen) atoms. The highest BCUT2D eigenvalue weighted by atomic mass is 32.1. The van der Waals surface area contributed by atoms with Gasteiger partial charge in [0.25, 0.3) is 0 Å². The molecule has 0 saturated carbocycles. The van der Waals surface area contributed by atoms with Gasteiger partial charge in [0.1, 0.15) is 6.04 Å². The van der Waals surface area contributed by atoms with Crippen LogP contribution < -0.4 is 10.6 Å². The third-order valence-corrected chi connectivity index (χ3v) is 4.96. The predicted octanol–water partition coefficient (Wildman–Crippen LogP) is 2.94. The van der Waals surface area contributed by atoms with Crippen molar-refractivity contribution >= 4 is 40.1 Å². The molecule has 0 spiro atoms. The molecule has 0 radical (unpaired) electrons. The second-order valence-corrected chi connectivity index (χ2v) is 6.97. The monoisotopic (exact) mass is 388 g/mol. The number of aromatic nitrogens is 1. The second kappa shape index (κ2) is 8.17. The minimum atomic E-state index is -0.540. The summed E-state index contributed by atoms with van der Waals surface area (Å²) in [6.07, 6.45) is 0.868. The second-order valence-electron chi connectivity index (χ2n) is 6.11. The molecule has 2 heterocycles. The molecule has 3 amide bonds. The van der Waals surface area contributed by atoms with Gasteiger partial charge in [0.15, 0.2) is 5.13 Å². The summed E-state index contributed by atoms with van der Waals surface area (Å²) in [7, 11) is 1.31. The van der Waals surface area contributed by atoms with Crippen LogP contribution in [0.3, 0.4) is 0 Å². The number of nitrogens with one attached hydrogen (secondary N) is 2. The van der Waals surface area contributed by atoms with Crippen LogP contribution in [-0.4, -0.2) is 47.5 Å². The standard InChI is InChI=1S/C18H20N4O4S/c1-11(23)19-13-7-5-12(6-8-13)14-10-27-17(20-14)21-16(24)15-4-3-9-22(15)18(25)26-2/h5-8,10,15H,3-4,9H2,1-2H3,(H,19,23)(H,20,21,24). The SMILES string of the molecule is COC(=O)N1CCCC1C(=O)Nc1nc(-c2ccc(NC(C)=O)cc2)cs1. The molecule has 1 aliphatic heterocycles. The molecule has 1 fully saturated rings. The van der Waals surface area contributed by atoms with E-state index in [1.165, 1.54) is 30.3 Å². The fourth-order valence-corrected chi connectivity index (χ4v) is 3.68. The molecule has 1 atom stereocenters. The zero-order chi connectivity index (χ0) is 19.4. The molecule has 0 bridgehead atoms.